The zero-order valence-electron chi connectivity index (χ0n) is 13.1. The third-order valence-corrected chi connectivity index (χ3v) is 4.05. The van der Waals surface area contributed by atoms with Crippen molar-refractivity contribution in [3.8, 4) is 0 Å². The minimum absolute atomic E-state index is 0.0934. The van der Waals surface area contributed by atoms with Crippen molar-refractivity contribution in [2.24, 2.45) is 0 Å². The fourth-order valence-electron chi connectivity index (χ4n) is 2.56. The summed E-state index contributed by atoms with van der Waals surface area (Å²) in [5.74, 6) is 1.73. The number of rotatable bonds is 2. The molecule has 5 heteroatoms. The van der Waals surface area contributed by atoms with Crippen molar-refractivity contribution in [1.29, 1.82) is 0 Å². The molecule has 1 aromatic rings. The number of likely N-dealkylation sites (N-methyl/N-ethyl adjacent to an activating group) is 2. The van der Waals surface area contributed by atoms with Crippen LogP contribution in [0.15, 0.2) is 6.07 Å². The minimum atomic E-state index is -0.0934. The monoisotopic (exact) mass is 296 g/mol. The molecular weight excluding hydrogens is 272 g/mol. The second-order valence-electron chi connectivity index (χ2n) is 6.79. The lowest BCUT2D eigenvalue weighted by molar-refractivity contribution is 0.247. The second-order valence-corrected chi connectivity index (χ2v) is 7.18. The highest BCUT2D eigenvalue weighted by Gasteiger charge is 2.24. The first-order valence-electron chi connectivity index (χ1n) is 7.24. The van der Waals surface area contributed by atoms with Crippen LogP contribution >= 0.6 is 11.6 Å². The van der Waals surface area contributed by atoms with Gasteiger partial charge in [0.25, 0.3) is 0 Å². The number of anilines is 1. The van der Waals surface area contributed by atoms with Gasteiger partial charge in [0.2, 0.25) is 0 Å². The summed E-state index contributed by atoms with van der Waals surface area (Å²) in [6.07, 6.45) is 2.43. The molecule has 0 aliphatic carbocycles. The van der Waals surface area contributed by atoms with Crippen LogP contribution < -0.4 is 4.90 Å². The zero-order valence-corrected chi connectivity index (χ0v) is 13.9. The lowest BCUT2D eigenvalue weighted by Crippen LogP contribution is -2.45. The number of piperidine rings is 1. The summed E-state index contributed by atoms with van der Waals surface area (Å²) in [5.41, 5.74) is -0.0934. The number of halogens is 1. The summed E-state index contributed by atoms with van der Waals surface area (Å²) >= 11 is 6.18. The Balaban J connectivity index is 2.25. The Morgan fingerprint density at radius 2 is 2.05 bits per heavy atom. The maximum Gasteiger partial charge on any atom is 0.137 e. The van der Waals surface area contributed by atoms with E-state index in [1.807, 2.05) is 6.07 Å². The van der Waals surface area contributed by atoms with E-state index in [1.165, 1.54) is 19.4 Å². The Morgan fingerprint density at radius 3 is 2.65 bits per heavy atom. The molecule has 1 unspecified atom stereocenters. The van der Waals surface area contributed by atoms with Gasteiger partial charge in [0.05, 0.1) is 0 Å². The normalized spacial score (nSPS) is 21.0. The average Bonchev–Trinajstić information content (AvgIpc) is 2.36. The molecule has 1 aliphatic rings. The van der Waals surface area contributed by atoms with E-state index >= 15 is 0 Å². The standard InChI is InChI=1S/C15H25ClN4/c1-15(2,3)14-17-12(16)9-13(18-14)20(5)11-7-6-8-19(4)10-11/h9,11H,6-8,10H2,1-5H3. The molecule has 0 radical (unpaired) electrons. The average molecular weight is 297 g/mol. The van der Waals surface area contributed by atoms with Crippen molar-refractivity contribution in [3.05, 3.63) is 17.0 Å². The molecule has 112 valence electrons. The van der Waals surface area contributed by atoms with Crippen molar-refractivity contribution in [2.75, 3.05) is 32.1 Å². The first-order chi connectivity index (χ1) is 9.27. The molecule has 0 aromatic carbocycles. The molecule has 2 heterocycles. The van der Waals surface area contributed by atoms with Crippen LogP contribution in [-0.4, -0.2) is 48.1 Å². The van der Waals surface area contributed by atoms with Gasteiger partial charge in [-0.15, -0.1) is 0 Å². The van der Waals surface area contributed by atoms with E-state index in [9.17, 15) is 0 Å². The summed E-state index contributed by atoms with van der Waals surface area (Å²) in [5, 5.41) is 0.524. The van der Waals surface area contributed by atoms with Gasteiger partial charge in [-0.05, 0) is 26.4 Å². The first-order valence-corrected chi connectivity index (χ1v) is 7.61. The number of aromatic nitrogens is 2. The second kappa shape index (κ2) is 5.86. The lowest BCUT2D eigenvalue weighted by atomic mass is 9.96. The van der Waals surface area contributed by atoms with Crippen LogP contribution in [-0.2, 0) is 5.41 Å². The predicted octanol–water partition coefficient (Wildman–Crippen LogP) is 2.96. The van der Waals surface area contributed by atoms with Crippen molar-refractivity contribution >= 4 is 17.4 Å². The molecule has 4 nitrogen and oxygen atoms in total. The van der Waals surface area contributed by atoms with E-state index in [0.29, 0.717) is 11.2 Å². The summed E-state index contributed by atoms with van der Waals surface area (Å²) in [6, 6.07) is 2.36. The van der Waals surface area contributed by atoms with Crippen molar-refractivity contribution in [2.45, 2.75) is 45.1 Å². The Morgan fingerprint density at radius 1 is 1.35 bits per heavy atom. The van der Waals surface area contributed by atoms with Gasteiger partial charge in [-0.25, -0.2) is 9.97 Å². The van der Waals surface area contributed by atoms with Crippen molar-refractivity contribution in [3.63, 3.8) is 0 Å². The van der Waals surface area contributed by atoms with Crippen LogP contribution in [0.3, 0.4) is 0 Å². The van der Waals surface area contributed by atoms with Crippen LogP contribution in [0.5, 0.6) is 0 Å². The molecule has 1 aliphatic heterocycles. The van der Waals surface area contributed by atoms with Crippen LogP contribution in [0.25, 0.3) is 0 Å². The molecule has 1 atom stereocenters. The highest BCUT2D eigenvalue weighted by atomic mass is 35.5. The highest BCUT2D eigenvalue weighted by Crippen LogP contribution is 2.26. The third-order valence-electron chi connectivity index (χ3n) is 3.86. The molecule has 0 bridgehead atoms. The molecule has 1 aromatic heterocycles. The zero-order chi connectivity index (χ0) is 14.9. The topological polar surface area (TPSA) is 32.3 Å². The number of hydrogen-bond acceptors (Lipinski definition) is 4. The molecular formula is C15H25ClN4. The van der Waals surface area contributed by atoms with Gasteiger partial charge in [0.1, 0.15) is 16.8 Å². The molecule has 1 saturated heterocycles. The molecule has 0 saturated carbocycles. The van der Waals surface area contributed by atoms with E-state index in [4.69, 9.17) is 16.6 Å². The quantitative estimate of drug-likeness (QED) is 0.786. The predicted molar refractivity (Wildman–Crippen MR) is 84.7 cm³/mol. The maximum absolute atomic E-state index is 6.18. The van der Waals surface area contributed by atoms with Crippen LogP contribution in [0.1, 0.15) is 39.4 Å². The molecule has 0 spiro atoms. The smallest absolute Gasteiger partial charge is 0.137 e. The number of hydrogen-bond donors (Lipinski definition) is 0. The first kappa shape index (κ1) is 15.5. The fourth-order valence-corrected chi connectivity index (χ4v) is 2.74. The molecule has 0 amide bonds. The van der Waals surface area contributed by atoms with Gasteiger partial charge in [-0.2, -0.15) is 0 Å². The maximum atomic E-state index is 6.18. The van der Waals surface area contributed by atoms with E-state index < -0.39 is 0 Å². The van der Waals surface area contributed by atoms with Gasteiger partial charge in [0, 0.05) is 31.1 Å². The Kier molecular flexibility index (Phi) is 4.55. The number of likely N-dealkylation sites (tertiary alicyclic amines) is 1. The summed E-state index contributed by atoms with van der Waals surface area (Å²) in [6.45, 7) is 8.58. The van der Waals surface area contributed by atoms with Gasteiger partial charge in [0.15, 0.2) is 0 Å². The Labute approximate surface area is 127 Å². The Hall–Kier alpha value is -0.870. The molecule has 2 rings (SSSR count). The molecule has 1 fully saturated rings. The van der Waals surface area contributed by atoms with Gasteiger partial charge in [-0.3, -0.25) is 0 Å². The SMILES string of the molecule is CN1CCCC(N(C)c2cc(Cl)nc(C(C)(C)C)n2)C1. The molecule has 0 N–H and O–H groups in total. The van der Waals surface area contributed by atoms with E-state index in [2.05, 4.69) is 49.7 Å². The van der Waals surface area contributed by atoms with E-state index in [1.54, 1.807) is 0 Å². The van der Waals surface area contributed by atoms with Crippen LogP contribution in [0.4, 0.5) is 5.82 Å². The van der Waals surface area contributed by atoms with Gasteiger partial charge >= 0.3 is 0 Å². The fraction of sp³-hybridized carbons (Fsp3) is 0.733. The highest BCUT2D eigenvalue weighted by molar-refractivity contribution is 6.29. The third kappa shape index (κ3) is 3.61. The number of nitrogens with zero attached hydrogens (tertiary/aromatic N) is 4. The summed E-state index contributed by atoms with van der Waals surface area (Å²) < 4.78 is 0. The van der Waals surface area contributed by atoms with Crippen LogP contribution in [0, 0.1) is 0 Å². The van der Waals surface area contributed by atoms with Gasteiger partial charge < -0.3 is 9.80 Å². The van der Waals surface area contributed by atoms with Crippen molar-refractivity contribution < 1.29 is 0 Å². The molecule has 20 heavy (non-hydrogen) atoms. The van der Waals surface area contributed by atoms with Crippen LogP contribution in [0.2, 0.25) is 5.15 Å². The Bertz CT molecular complexity index is 469. The van der Waals surface area contributed by atoms with E-state index in [0.717, 1.165) is 18.2 Å². The minimum Gasteiger partial charge on any atom is -0.355 e. The largest absolute Gasteiger partial charge is 0.355 e. The summed E-state index contributed by atoms with van der Waals surface area (Å²) in [4.78, 5) is 13.7. The van der Waals surface area contributed by atoms with E-state index in [-0.39, 0.29) is 5.41 Å². The van der Waals surface area contributed by atoms with Gasteiger partial charge in [-0.1, -0.05) is 32.4 Å². The van der Waals surface area contributed by atoms with Crippen molar-refractivity contribution in [1.82, 2.24) is 14.9 Å². The summed E-state index contributed by atoms with van der Waals surface area (Å²) in [7, 11) is 4.28. The lowest BCUT2D eigenvalue weighted by Gasteiger charge is -2.36.